The molecule has 0 atom stereocenters. The number of phenols is 1. The lowest BCUT2D eigenvalue weighted by molar-refractivity contribution is -0.120. The minimum atomic E-state index is -0.559. The molecule has 1 heterocycles. The van der Waals surface area contributed by atoms with Gasteiger partial charge in [0.2, 0.25) is 5.91 Å². The molecule has 1 aromatic carbocycles. The number of benzene rings is 1. The summed E-state index contributed by atoms with van der Waals surface area (Å²) >= 11 is 0. The van der Waals surface area contributed by atoms with Crippen molar-refractivity contribution in [2.45, 2.75) is 32.8 Å². The van der Waals surface area contributed by atoms with Crippen molar-refractivity contribution in [3.63, 3.8) is 0 Å². The molecule has 130 valence electrons. The summed E-state index contributed by atoms with van der Waals surface area (Å²) in [6, 6.07) is 5.75. The van der Waals surface area contributed by atoms with Crippen molar-refractivity contribution in [1.29, 1.82) is 0 Å². The molecule has 0 fully saturated rings. The van der Waals surface area contributed by atoms with Gasteiger partial charge in [0, 0.05) is 30.6 Å². The topological polar surface area (TPSA) is 101 Å². The molecule has 0 aliphatic heterocycles. The normalized spacial score (nSPS) is 11.6. The number of nitrogens with one attached hydrogen (secondary N) is 2. The molecule has 0 aliphatic carbocycles. The van der Waals surface area contributed by atoms with E-state index >= 15 is 0 Å². The first kappa shape index (κ1) is 18.0. The van der Waals surface area contributed by atoms with Gasteiger partial charge in [0.25, 0.3) is 0 Å². The molecule has 7 nitrogen and oxygen atoms in total. The van der Waals surface area contributed by atoms with E-state index in [0.717, 1.165) is 0 Å². The molecule has 0 spiro atoms. The third kappa shape index (κ3) is 5.36. The van der Waals surface area contributed by atoms with Crippen molar-refractivity contribution in [2.24, 2.45) is 0 Å². The van der Waals surface area contributed by atoms with Crippen LogP contribution in [0.25, 0.3) is 11.0 Å². The van der Waals surface area contributed by atoms with Crippen LogP contribution in [0.4, 0.5) is 0 Å². The molecule has 0 unspecified atom stereocenters. The van der Waals surface area contributed by atoms with Crippen molar-refractivity contribution in [1.82, 2.24) is 10.8 Å². The zero-order valence-electron chi connectivity index (χ0n) is 14.0. The van der Waals surface area contributed by atoms with Gasteiger partial charge in [-0.1, -0.05) is 0 Å². The number of rotatable bonds is 6. The molecule has 3 N–H and O–H groups in total. The summed E-state index contributed by atoms with van der Waals surface area (Å²) < 4.78 is 5.04. The van der Waals surface area contributed by atoms with E-state index in [-0.39, 0.29) is 29.3 Å². The van der Waals surface area contributed by atoms with Crippen LogP contribution < -0.4 is 16.4 Å². The highest BCUT2D eigenvalue weighted by Crippen LogP contribution is 2.22. The Bertz CT molecular complexity index is 777. The van der Waals surface area contributed by atoms with E-state index in [1.165, 1.54) is 18.2 Å². The van der Waals surface area contributed by atoms with Crippen molar-refractivity contribution in [2.75, 3.05) is 13.1 Å². The standard InChI is InChI=1S/C17H22N2O5/c1-17(2,3)24-19-7-6-18-15(21)8-11-9-16(22)23-14-10-12(20)4-5-13(11)14/h4-5,9-10,19-20H,6-8H2,1-3H3,(H,18,21). The lowest BCUT2D eigenvalue weighted by Gasteiger charge is -2.19. The Morgan fingerprint density at radius 1 is 1.25 bits per heavy atom. The highest BCUT2D eigenvalue weighted by atomic mass is 16.7. The monoisotopic (exact) mass is 334 g/mol. The predicted octanol–water partition coefficient (Wildman–Crippen LogP) is 1.48. The summed E-state index contributed by atoms with van der Waals surface area (Å²) in [5, 5.41) is 12.8. The Labute approximate surface area is 139 Å². The van der Waals surface area contributed by atoms with Crippen molar-refractivity contribution < 1.29 is 19.2 Å². The van der Waals surface area contributed by atoms with Gasteiger partial charge >= 0.3 is 5.63 Å². The Kier molecular flexibility index (Phi) is 5.58. The zero-order chi connectivity index (χ0) is 17.7. The van der Waals surface area contributed by atoms with E-state index in [9.17, 15) is 14.7 Å². The molecule has 0 aliphatic rings. The molecule has 1 amide bonds. The molecule has 1 aromatic heterocycles. The smallest absolute Gasteiger partial charge is 0.336 e. The number of fused-ring (bicyclic) bond motifs is 1. The van der Waals surface area contributed by atoms with Crippen molar-refractivity contribution in [3.8, 4) is 5.75 Å². The number of carbonyl (C=O) groups is 1. The maximum atomic E-state index is 12.0. The van der Waals surface area contributed by atoms with Crippen LogP contribution in [0.15, 0.2) is 33.5 Å². The molecular formula is C17H22N2O5. The predicted molar refractivity (Wildman–Crippen MR) is 89.7 cm³/mol. The van der Waals surface area contributed by atoms with Crippen molar-refractivity contribution in [3.05, 3.63) is 40.2 Å². The van der Waals surface area contributed by atoms with Gasteiger partial charge in [0.1, 0.15) is 11.3 Å². The van der Waals surface area contributed by atoms with Crippen LogP contribution in [-0.2, 0) is 16.1 Å². The van der Waals surface area contributed by atoms with Crippen LogP contribution in [0.2, 0.25) is 0 Å². The minimum absolute atomic E-state index is 0.00262. The second-order valence-corrected chi connectivity index (χ2v) is 6.41. The van der Waals surface area contributed by atoms with E-state index in [0.29, 0.717) is 24.0 Å². The van der Waals surface area contributed by atoms with E-state index in [4.69, 9.17) is 9.25 Å². The van der Waals surface area contributed by atoms with E-state index in [1.54, 1.807) is 6.07 Å². The lowest BCUT2D eigenvalue weighted by atomic mass is 10.1. The number of aromatic hydroxyl groups is 1. The lowest BCUT2D eigenvalue weighted by Crippen LogP contribution is -2.36. The van der Waals surface area contributed by atoms with Gasteiger partial charge < -0.3 is 14.8 Å². The largest absolute Gasteiger partial charge is 0.508 e. The second kappa shape index (κ2) is 7.46. The van der Waals surface area contributed by atoms with E-state index in [2.05, 4.69) is 10.8 Å². The fraction of sp³-hybridized carbons (Fsp3) is 0.412. The summed E-state index contributed by atoms with van der Waals surface area (Å²) in [4.78, 5) is 29.0. The molecule has 2 aromatic rings. The molecule has 0 saturated heterocycles. The van der Waals surface area contributed by atoms with Gasteiger partial charge in [-0.15, -0.1) is 0 Å². The van der Waals surface area contributed by atoms with Gasteiger partial charge in [-0.2, -0.15) is 0 Å². The Hall–Kier alpha value is -2.38. The number of amides is 1. The molecule has 7 heteroatoms. The van der Waals surface area contributed by atoms with E-state index < -0.39 is 5.63 Å². The number of carbonyl (C=O) groups excluding carboxylic acids is 1. The first-order valence-corrected chi connectivity index (χ1v) is 7.68. The van der Waals surface area contributed by atoms with Gasteiger partial charge in [-0.25, -0.2) is 10.3 Å². The van der Waals surface area contributed by atoms with Crippen LogP contribution >= 0.6 is 0 Å². The number of hydroxylamine groups is 1. The number of hydrogen-bond acceptors (Lipinski definition) is 6. The highest BCUT2D eigenvalue weighted by molar-refractivity contribution is 5.87. The summed E-state index contributed by atoms with van der Waals surface area (Å²) in [7, 11) is 0. The molecule has 0 radical (unpaired) electrons. The summed E-state index contributed by atoms with van der Waals surface area (Å²) in [6.45, 7) is 6.62. The first-order valence-electron chi connectivity index (χ1n) is 7.68. The summed E-state index contributed by atoms with van der Waals surface area (Å²) in [5.41, 5.74) is 2.73. The number of phenolic OH excluding ortho intramolecular Hbond substituents is 1. The van der Waals surface area contributed by atoms with Gasteiger partial charge in [0.05, 0.1) is 12.0 Å². The van der Waals surface area contributed by atoms with Crippen LogP contribution in [0.3, 0.4) is 0 Å². The maximum Gasteiger partial charge on any atom is 0.336 e. The van der Waals surface area contributed by atoms with Crippen LogP contribution in [0.5, 0.6) is 5.75 Å². The fourth-order valence-electron chi connectivity index (χ4n) is 2.12. The quantitative estimate of drug-likeness (QED) is 0.420. The van der Waals surface area contributed by atoms with Crippen LogP contribution in [-0.4, -0.2) is 29.7 Å². The molecule has 0 saturated carbocycles. The minimum Gasteiger partial charge on any atom is -0.508 e. The third-order valence-electron chi connectivity index (χ3n) is 3.09. The molecular weight excluding hydrogens is 312 g/mol. The average molecular weight is 334 g/mol. The van der Waals surface area contributed by atoms with Gasteiger partial charge in [-0.3, -0.25) is 9.63 Å². The first-order chi connectivity index (χ1) is 11.2. The average Bonchev–Trinajstić information content (AvgIpc) is 2.44. The van der Waals surface area contributed by atoms with Crippen LogP contribution in [0.1, 0.15) is 26.3 Å². The second-order valence-electron chi connectivity index (χ2n) is 6.41. The van der Waals surface area contributed by atoms with Crippen molar-refractivity contribution >= 4 is 16.9 Å². The fourth-order valence-corrected chi connectivity index (χ4v) is 2.12. The van der Waals surface area contributed by atoms with Crippen LogP contribution in [0, 0.1) is 0 Å². The summed E-state index contributed by atoms with van der Waals surface area (Å²) in [5.74, 6) is -0.218. The Balaban J connectivity index is 1.95. The van der Waals surface area contributed by atoms with E-state index in [1.807, 2.05) is 20.8 Å². The maximum absolute atomic E-state index is 12.0. The zero-order valence-corrected chi connectivity index (χ0v) is 14.0. The Morgan fingerprint density at radius 2 is 2.00 bits per heavy atom. The molecule has 2 rings (SSSR count). The van der Waals surface area contributed by atoms with Gasteiger partial charge in [-0.05, 0) is 38.5 Å². The third-order valence-corrected chi connectivity index (χ3v) is 3.09. The van der Waals surface area contributed by atoms with Gasteiger partial charge in [0.15, 0.2) is 0 Å². The summed E-state index contributed by atoms with van der Waals surface area (Å²) in [6.07, 6.45) is 0.0486. The molecule has 24 heavy (non-hydrogen) atoms. The SMILES string of the molecule is CC(C)(C)ONCCNC(=O)Cc1cc(=O)oc2cc(O)ccc12. The number of hydrogen-bond donors (Lipinski definition) is 3. The highest BCUT2D eigenvalue weighted by Gasteiger charge is 2.11. The molecule has 0 bridgehead atoms. The Morgan fingerprint density at radius 3 is 2.71 bits per heavy atom.